The summed E-state index contributed by atoms with van der Waals surface area (Å²) in [6.07, 6.45) is 8.47. The van der Waals surface area contributed by atoms with Crippen LogP contribution in [0.5, 0.6) is 0 Å². The Bertz CT molecular complexity index is 76.0. The summed E-state index contributed by atoms with van der Waals surface area (Å²) in [7, 11) is 0. The van der Waals surface area contributed by atoms with Crippen molar-refractivity contribution in [2.24, 2.45) is 11.8 Å². The largest absolute Gasteiger partial charge is 0.0625 e. The third-order valence-electron chi connectivity index (χ3n) is 2.54. The summed E-state index contributed by atoms with van der Waals surface area (Å²) in [5.41, 5.74) is 0. The summed E-state index contributed by atoms with van der Waals surface area (Å²) < 4.78 is 0. The molecule has 1 fully saturated rings. The lowest BCUT2D eigenvalue weighted by molar-refractivity contribution is 0.350. The highest BCUT2D eigenvalue weighted by Gasteiger charge is 2.11. The van der Waals surface area contributed by atoms with Gasteiger partial charge in [0.25, 0.3) is 0 Å². The molecule has 2 unspecified atom stereocenters. The van der Waals surface area contributed by atoms with Crippen molar-refractivity contribution in [3.8, 4) is 0 Å². The predicted molar refractivity (Wildman–Crippen MR) is 45.7 cm³/mol. The second-order valence-corrected chi connectivity index (χ2v) is 3.84. The fraction of sp³-hybridized carbons (Fsp3) is 0.900. The molecule has 1 rings (SSSR count). The highest BCUT2D eigenvalue weighted by Crippen LogP contribution is 2.25. The molecule has 0 N–H and O–H groups in total. The van der Waals surface area contributed by atoms with E-state index < -0.39 is 0 Å². The molecule has 0 spiro atoms. The molecule has 0 heteroatoms. The quantitative estimate of drug-likeness (QED) is 0.482. The van der Waals surface area contributed by atoms with E-state index in [0.29, 0.717) is 0 Å². The van der Waals surface area contributed by atoms with Crippen LogP contribution in [0.2, 0.25) is 0 Å². The van der Waals surface area contributed by atoms with E-state index in [9.17, 15) is 0 Å². The van der Waals surface area contributed by atoms with Crippen molar-refractivity contribution in [2.45, 2.75) is 45.4 Å². The van der Waals surface area contributed by atoms with Gasteiger partial charge in [0.2, 0.25) is 0 Å². The van der Waals surface area contributed by atoms with Crippen molar-refractivity contribution < 1.29 is 0 Å². The number of hydrogen-bond acceptors (Lipinski definition) is 0. The van der Waals surface area contributed by atoms with E-state index in [4.69, 9.17) is 0 Å². The zero-order valence-electron chi connectivity index (χ0n) is 7.10. The maximum atomic E-state index is 4.15. The minimum absolute atomic E-state index is 0.746. The smallest absolute Gasteiger partial charge is 0.0412 e. The van der Waals surface area contributed by atoms with Crippen LogP contribution < -0.4 is 0 Å². The van der Waals surface area contributed by atoms with Gasteiger partial charge in [-0.05, 0) is 18.3 Å². The van der Waals surface area contributed by atoms with Crippen LogP contribution in [0.4, 0.5) is 0 Å². The highest BCUT2D eigenvalue weighted by atomic mass is 14.2. The van der Waals surface area contributed by atoms with E-state index in [1.165, 1.54) is 38.5 Å². The Morgan fingerprint density at radius 2 is 1.80 bits per heavy atom. The normalized spacial score (nSPS) is 36.6. The van der Waals surface area contributed by atoms with Gasteiger partial charge >= 0.3 is 0 Å². The molecule has 0 aromatic rings. The fourth-order valence-electron chi connectivity index (χ4n) is 1.91. The van der Waals surface area contributed by atoms with Gasteiger partial charge < -0.3 is 0 Å². The molecule has 0 aromatic heterocycles. The Balaban J connectivity index is 2.25. The van der Waals surface area contributed by atoms with Crippen LogP contribution in [0.25, 0.3) is 0 Å². The van der Waals surface area contributed by atoms with Crippen LogP contribution in [0.1, 0.15) is 45.4 Å². The van der Waals surface area contributed by atoms with Crippen molar-refractivity contribution in [3.05, 3.63) is 6.92 Å². The zero-order chi connectivity index (χ0) is 7.40. The lowest BCUT2D eigenvalue weighted by atomic mass is 9.86. The summed E-state index contributed by atoms with van der Waals surface area (Å²) in [5.74, 6) is 1.68. The number of hydrogen-bond donors (Lipinski definition) is 0. The molecule has 1 saturated carbocycles. The standard InChI is InChI=1S/C10H19/c1-9-6-4-3-5-7-10(2)8-9/h9-10H,1,3-8H2,2H3. The maximum absolute atomic E-state index is 4.15. The topological polar surface area (TPSA) is 0 Å². The maximum Gasteiger partial charge on any atom is -0.0412 e. The van der Waals surface area contributed by atoms with Crippen LogP contribution in [0.15, 0.2) is 0 Å². The van der Waals surface area contributed by atoms with Gasteiger partial charge in [0.05, 0.1) is 0 Å². The Morgan fingerprint density at radius 3 is 2.60 bits per heavy atom. The van der Waals surface area contributed by atoms with Crippen molar-refractivity contribution in [3.63, 3.8) is 0 Å². The first-order chi connectivity index (χ1) is 4.79. The molecule has 0 bridgehead atoms. The minimum atomic E-state index is 0.746. The molecule has 0 amide bonds. The Labute approximate surface area is 65.0 Å². The van der Waals surface area contributed by atoms with E-state index in [0.717, 1.165) is 11.8 Å². The van der Waals surface area contributed by atoms with Crippen molar-refractivity contribution in [1.29, 1.82) is 0 Å². The molecule has 10 heavy (non-hydrogen) atoms. The molecular formula is C10H19. The second kappa shape index (κ2) is 4.00. The molecule has 59 valence electrons. The fourth-order valence-corrected chi connectivity index (χ4v) is 1.91. The SMILES string of the molecule is [CH2]C1CCCCCC(C)C1. The van der Waals surface area contributed by atoms with Crippen molar-refractivity contribution in [1.82, 2.24) is 0 Å². The molecule has 0 nitrogen and oxygen atoms in total. The van der Waals surface area contributed by atoms with Crippen LogP contribution >= 0.6 is 0 Å². The average Bonchev–Trinajstić information content (AvgIpc) is 1.83. The summed E-state index contributed by atoms with van der Waals surface area (Å²) in [6.45, 7) is 6.51. The first-order valence-electron chi connectivity index (χ1n) is 4.62. The summed E-state index contributed by atoms with van der Waals surface area (Å²) in [5, 5.41) is 0. The molecule has 0 aliphatic heterocycles. The Hall–Kier alpha value is 0. The molecule has 1 radical (unpaired) electrons. The number of rotatable bonds is 0. The van der Waals surface area contributed by atoms with Crippen molar-refractivity contribution >= 4 is 0 Å². The van der Waals surface area contributed by atoms with Crippen LogP contribution in [0.3, 0.4) is 0 Å². The first-order valence-corrected chi connectivity index (χ1v) is 4.62. The molecular weight excluding hydrogens is 120 g/mol. The van der Waals surface area contributed by atoms with Crippen molar-refractivity contribution in [2.75, 3.05) is 0 Å². The van der Waals surface area contributed by atoms with Gasteiger partial charge in [-0.2, -0.15) is 0 Å². The molecule has 1 aliphatic carbocycles. The highest BCUT2D eigenvalue weighted by molar-refractivity contribution is 4.68. The minimum Gasteiger partial charge on any atom is -0.0625 e. The monoisotopic (exact) mass is 139 g/mol. The van der Waals surface area contributed by atoms with Gasteiger partial charge in [-0.15, -0.1) is 0 Å². The molecule has 0 heterocycles. The average molecular weight is 139 g/mol. The third kappa shape index (κ3) is 2.72. The second-order valence-electron chi connectivity index (χ2n) is 3.84. The van der Waals surface area contributed by atoms with Crippen LogP contribution in [-0.2, 0) is 0 Å². The Kier molecular flexibility index (Phi) is 3.24. The zero-order valence-corrected chi connectivity index (χ0v) is 7.10. The van der Waals surface area contributed by atoms with E-state index in [-0.39, 0.29) is 0 Å². The van der Waals surface area contributed by atoms with E-state index in [2.05, 4.69) is 13.8 Å². The molecule has 1 aliphatic rings. The lowest BCUT2D eigenvalue weighted by Crippen LogP contribution is -2.06. The predicted octanol–water partition coefficient (Wildman–Crippen LogP) is 3.43. The van der Waals surface area contributed by atoms with Gasteiger partial charge in [0.1, 0.15) is 0 Å². The van der Waals surface area contributed by atoms with E-state index >= 15 is 0 Å². The van der Waals surface area contributed by atoms with Crippen LogP contribution in [-0.4, -0.2) is 0 Å². The van der Waals surface area contributed by atoms with E-state index in [1.54, 1.807) is 0 Å². The van der Waals surface area contributed by atoms with Crippen LogP contribution in [0, 0.1) is 18.8 Å². The third-order valence-corrected chi connectivity index (χ3v) is 2.54. The molecule has 0 saturated heterocycles. The summed E-state index contributed by atoms with van der Waals surface area (Å²) >= 11 is 0. The first kappa shape index (κ1) is 8.10. The molecule has 0 aromatic carbocycles. The summed E-state index contributed by atoms with van der Waals surface area (Å²) in [6, 6.07) is 0. The van der Waals surface area contributed by atoms with Gasteiger partial charge in [-0.25, -0.2) is 0 Å². The lowest BCUT2D eigenvalue weighted by Gasteiger charge is -2.20. The van der Waals surface area contributed by atoms with Gasteiger partial charge in [-0.3, -0.25) is 0 Å². The summed E-state index contributed by atoms with van der Waals surface area (Å²) in [4.78, 5) is 0. The van der Waals surface area contributed by atoms with E-state index in [1.807, 2.05) is 0 Å². The van der Waals surface area contributed by atoms with Gasteiger partial charge in [-0.1, -0.05) is 46.0 Å². The van der Waals surface area contributed by atoms with Gasteiger partial charge in [0, 0.05) is 0 Å². The molecule has 2 atom stereocenters. The van der Waals surface area contributed by atoms with Gasteiger partial charge in [0.15, 0.2) is 0 Å². The Morgan fingerprint density at radius 1 is 1.10 bits per heavy atom.